The van der Waals surface area contributed by atoms with E-state index in [0.717, 1.165) is 46.2 Å². The number of hydrogen-bond acceptors (Lipinski definition) is 8. The van der Waals surface area contributed by atoms with E-state index in [1.54, 1.807) is 13.2 Å². The van der Waals surface area contributed by atoms with Gasteiger partial charge in [0.25, 0.3) is 0 Å². The second-order valence-corrected chi connectivity index (χ2v) is 28.8. The van der Waals surface area contributed by atoms with Crippen LogP contribution in [0, 0.1) is 5.92 Å². The number of benzene rings is 2. The zero-order valence-electron chi connectivity index (χ0n) is 37.3. The average Bonchev–Trinajstić information content (AvgIpc) is 3.72. The number of carbonyl (C=O) groups excluding carboxylic acids is 2. The van der Waals surface area contributed by atoms with Gasteiger partial charge >= 0.3 is 5.97 Å². The SMILES string of the molecule is CCCC(C(=O)C[C@@H](O[Si](C)(C)C(C)(C)C)[C@]1(C(=O)OCC)OC1CC)c1coc2c(CO[Si](C)(C)C(C)(C)C)c(OCc3ccccc3)c(CC(C)C)cc12. The van der Waals surface area contributed by atoms with E-state index in [2.05, 4.69) is 107 Å². The summed E-state index contributed by atoms with van der Waals surface area (Å²) in [6.07, 6.45) is 3.44. The minimum absolute atomic E-state index is 0.00109. The molecule has 1 saturated heterocycles. The second kappa shape index (κ2) is 18.0. The Morgan fingerprint density at radius 2 is 1.55 bits per heavy atom. The molecule has 1 aliphatic rings. The van der Waals surface area contributed by atoms with Crippen molar-refractivity contribution in [2.45, 2.75) is 181 Å². The molecular formula is C46H72O8Si2. The molecule has 0 N–H and O–H groups in total. The molecule has 0 aliphatic carbocycles. The predicted octanol–water partition coefficient (Wildman–Crippen LogP) is 12.1. The van der Waals surface area contributed by atoms with Crippen LogP contribution < -0.4 is 4.74 Å². The molecule has 0 saturated carbocycles. The molecule has 1 aliphatic heterocycles. The van der Waals surface area contributed by atoms with E-state index >= 15 is 0 Å². The zero-order chi connectivity index (χ0) is 41.9. The van der Waals surface area contributed by atoms with Crippen molar-refractivity contribution in [3.8, 4) is 5.75 Å². The van der Waals surface area contributed by atoms with Gasteiger partial charge in [0.15, 0.2) is 16.6 Å². The molecule has 0 amide bonds. The highest BCUT2D eigenvalue weighted by Crippen LogP contribution is 2.50. The summed E-state index contributed by atoms with van der Waals surface area (Å²) >= 11 is 0. The maximum atomic E-state index is 15.0. The van der Waals surface area contributed by atoms with Crippen molar-refractivity contribution < 1.29 is 37.1 Å². The molecule has 1 fully saturated rings. The number of rotatable bonds is 20. The Morgan fingerprint density at radius 3 is 2.09 bits per heavy atom. The second-order valence-electron chi connectivity index (χ2n) is 19.2. The lowest BCUT2D eigenvalue weighted by Gasteiger charge is -2.40. The van der Waals surface area contributed by atoms with E-state index in [1.165, 1.54) is 0 Å². The van der Waals surface area contributed by atoms with E-state index in [-0.39, 0.29) is 35.0 Å². The van der Waals surface area contributed by atoms with Gasteiger partial charge in [-0.05, 0) is 85.6 Å². The van der Waals surface area contributed by atoms with Crippen LogP contribution in [0.3, 0.4) is 0 Å². The van der Waals surface area contributed by atoms with Crippen LogP contribution in [0.5, 0.6) is 5.75 Å². The average molecular weight is 809 g/mol. The summed E-state index contributed by atoms with van der Waals surface area (Å²) in [5, 5.41) is 0.760. The van der Waals surface area contributed by atoms with Crippen LogP contribution in [-0.2, 0) is 47.5 Å². The van der Waals surface area contributed by atoms with Crippen LogP contribution in [0.15, 0.2) is 47.1 Å². The number of hydrogen-bond donors (Lipinski definition) is 0. The number of epoxide rings is 1. The van der Waals surface area contributed by atoms with Crippen molar-refractivity contribution in [1.29, 1.82) is 0 Å². The zero-order valence-corrected chi connectivity index (χ0v) is 39.3. The number of Topliss-reactive ketones (excluding diaryl/α,β-unsaturated/α-hetero) is 1. The molecule has 4 rings (SSSR count). The summed E-state index contributed by atoms with van der Waals surface area (Å²) in [4.78, 5) is 28.7. The summed E-state index contributed by atoms with van der Waals surface area (Å²) in [5.41, 5.74) is 3.25. The molecule has 4 atom stereocenters. The molecule has 2 unspecified atom stereocenters. The number of ether oxygens (including phenoxy) is 3. The number of furan rings is 1. The Hall–Kier alpha value is -2.77. The van der Waals surface area contributed by atoms with Gasteiger partial charge in [0, 0.05) is 23.3 Å². The Labute approximate surface area is 340 Å². The van der Waals surface area contributed by atoms with Crippen LogP contribution in [-0.4, -0.2) is 52.8 Å². The highest BCUT2D eigenvalue weighted by atomic mass is 28.4. The van der Waals surface area contributed by atoms with E-state index < -0.39 is 40.2 Å². The van der Waals surface area contributed by atoms with Crippen molar-refractivity contribution in [2.75, 3.05) is 6.61 Å². The normalized spacial score (nSPS) is 19.0. The first kappa shape index (κ1) is 45.9. The summed E-state index contributed by atoms with van der Waals surface area (Å²) < 4.78 is 39.1. The highest BCUT2D eigenvalue weighted by molar-refractivity contribution is 6.74. The Bertz CT molecular complexity index is 1780. The lowest BCUT2D eigenvalue weighted by Crippen LogP contribution is -2.52. The topological polar surface area (TPSA) is 96.7 Å². The van der Waals surface area contributed by atoms with Crippen LogP contribution in [0.25, 0.3) is 11.0 Å². The van der Waals surface area contributed by atoms with Crippen LogP contribution >= 0.6 is 0 Å². The van der Waals surface area contributed by atoms with Gasteiger partial charge in [-0.3, -0.25) is 4.79 Å². The fourth-order valence-electron chi connectivity index (χ4n) is 7.01. The van der Waals surface area contributed by atoms with Crippen molar-refractivity contribution in [3.63, 3.8) is 0 Å². The first-order valence-electron chi connectivity index (χ1n) is 21.0. The van der Waals surface area contributed by atoms with Gasteiger partial charge < -0.3 is 27.5 Å². The maximum Gasteiger partial charge on any atom is 0.343 e. The van der Waals surface area contributed by atoms with Gasteiger partial charge in [-0.1, -0.05) is 106 Å². The summed E-state index contributed by atoms with van der Waals surface area (Å²) in [6, 6.07) is 12.4. The number of fused-ring (bicyclic) bond motifs is 1. The molecule has 0 radical (unpaired) electrons. The Balaban J connectivity index is 1.87. The van der Waals surface area contributed by atoms with Crippen molar-refractivity contribution in [1.82, 2.24) is 0 Å². The maximum absolute atomic E-state index is 15.0. The molecule has 2 heterocycles. The Kier molecular flexibility index (Phi) is 14.8. The lowest BCUT2D eigenvalue weighted by molar-refractivity contribution is -0.154. The van der Waals surface area contributed by atoms with Crippen LogP contribution in [0.4, 0.5) is 0 Å². The van der Waals surface area contributed by atoms with Crippen molar-refractivity contribution >= 4 is 39.4 Å². The largest absolute Gasteiger partial charge is 0.488 e. The molecule has 0 spiro atoms. The first-order chi connectivity index (χ1) is 26.0. The Morgan fingerprint density at radius 1 is 0.911 bits per heavy atom. The third-order valence-corrected chi connectivity index (χ3v) is 21.4. The van der Waals surface area contributed by atoms with Crippen molar-refractivity contribution in [2.24, 2.45) is 5.92 Å². The molecule has 8 nitrogen and oxygen atoms in total. The molecule has 0 bridgehead atoms. The van der Waals surface area contributed by atoms with E-state index in [9.17, 15) is 9.59 Å². The summed E-state index contributed by atoms with van der Waals surface area (Å²) in [6.45, 7) is 33.3. The van der Waals surface area contributed by atoms with Gasteiger partial charge in [0.2, 0.25) is 5.60 Å². The van der Waals surface area contributed by atoms with E-state index in [4.69, 9.17) is 27.5 Å². The number of carbonyl (C=O) groups is 2. The van der Waals surface area contributed by atoms with Crippen LogP contribution in [0.2, 0.25) is 36.3 Å². The smallest absolute Gasteiger partial charge is 0.343 e. The molecule has 56 heavy (non-hydrogen) atoms. The van der Waals surface area contributed by atoms with Gasteiger partial charge in [-0.25, -0.2) is 4.79 Å². The van der Waals surface area contributed by atoms with E-state index in [1.807, 2.05) is 25.1 Å². The molecule has 2 aromatic carbocycles. The molecule has 3 aromatic rings. The van der Waals surface area contributed by atoms with Gasteiger partial charge in [-0.15, -0.1) is 0 Å². The van der Waals surface area contributed by atoms with Crippen molar-refractivity contribution in [3.05, 3.63) is 64.9 Å². The summed E-state index contributed by atoms with van der Waals surface area (Å²) in [7, 11) is -4.65. The minimum atomic E-state index is -2.47. The predicted molar refractivity (Wildman–Crippen MR) is 231 cm³/mol. The summed E-state index contributed by atoms with van der Waals surface area (Å²) in [5.74, 6) is 0.213. The third-order valence-electron chi connectivity index (χ3n) is 12.4. The number of ketones is 1. The lowest BCUT2D eigenvalue weighted by atomic mass is 9.84. The quantitative estimate of drug-likeness (QED) is 0.0632. The monoisotopic (exact) mass is 808 g/mol. The minimum Gasteiger partial charge on any atom is -0.488 e. The first-order valence-corrected chi connectivity index (χ1v) is 26.8. The highest BCUT2D eigenvalue weighted by Gasteiger charge is 2.69. The van der Waals surface area contributed by atoms with Gasteiger partial charge in [0.05, 0.1) is 31.1 Å². The van der Waals surface area contributed by atoms with Gasteiger partial charge in [0.1, 0.15) is 29.8 Å². The standard InChI is InChI=1S/C46H72O8Si2/c1-16-22-34(38(47)27-40(54-56(14,15)45(9,10)11)46(39(17-2)53-46)43(48)49-18-3)36-29-51-42-35(36)26-33(25-31(4)5)41(50-28-32-23-20-19-21-24-32)37(42)30-52-55(12,13)44(6,7)8/h19-21,23-24,26,29,31,34,39-40H,16-18,22,25,27-28,30H2,1-15H3/t34?,39?,40-,46-/m1/s1. The van der Waals surface area contributed by atoms with Crippen LogP contribution in [0.1, 0.15) is 130 Å². The number of esters is 1. The molecule has 312 valence electrons. The fourth-order valence-corrected chi connectivity index (χ4v) is 9.28. The molecule has 1 aromatic heterocycles. The van der Waals surface area contributed by atoms with Gasteiger partial charge in [-0.2, -0.15) is 0 Å². The van der Waals surface area contributed by atoms with E-state index in [0.29, 0.717) is 37.6 Å². The molecular weight excluding hydrogens is 737 g/mol. The molecule has 10 heteroatoms. The fraction of sp³-hybridized carbons (Fsp3) is 0.652. The third kappa shape index (κ3) is 10.1.